The smallest absolute Gasteiger partial charge is 0.145 e. The molecule has 2 aromatic rings. The first-order valence-corrected chi connectivity index (χ1v) is 7.68. The molecule has 0 fully saturated rings. The maximum Gasteiger partial charge on any atom is 0.145 e. The molecule has 0 amide bonds. The van der Waals surface area contributed by atoms with Crippen molar-refractivity contribution in [3.05, 3.63) is 51.2 Å². The molecule has 0 saturated carbocycles. The van der Waals surface area contributed by atoms with Crippen molar-refractivity contribution in [1.29, 1.82) is 0 Å². The molecule has 100 valence electrons. The van der Waals surface area contributed by atoms with Gasteiger partial charge in [-0.05, 0) is 66.5 Å². The first-order valence-electron chi connectivity index (χ1n) is 6.80. The van der Waals surface area contributed by atoms with E-state index in [-0.39, 0.29) is 6.10 Å². The van der Waals surface area contributed by atoms with Crippen molar-refractivity contribution in [1.82, 2.24) is 0 Å². The van der Waals surface area contributed by atoms with E-state index in [4.69, 9.17) is 10.5 Å². The summed E-state index contributed by atoms with van der Waals surface area (Å²) in [6, 6.07) is 8.59. The van der Waals surface area contributed by atoms with Gasteiger partial charge < -0.3 is 10.5 Å². The van der Waals surface area contributed by atoms with E-state index in [9.17, 15) is 0 Å². The summed E-state index contributed by atoms with van der Waals surface area (Å²) >= 11 is 1.72. The minimum Gasteiger partial charge on any atom is -0.484 e. The summed E-state index contributed by atoms with van der Waals surface area (Å²) < 4.78 is 6.10. The highest BCUT2D eigenvalue weighted by atomic mass is 32.1. The number of hydrogen-bond donors (Lipinski definition) is 1. The Morgan fingerprint density at radius 1 is 1.26 bits per heavy atom. The Labute approximate surface area is 118 Å². The van der Waals surface area contributed by atoms with Gasteiger partial charge in [-0.1, -0.05) is 6.07 Å². The molecule has 1 heterocycles. The van der Waals surface area contributed by atoms with Crippen LogP contribution in [-0.4, -0.2) is 6.54 Å². The van der Waals surface area contributed by atoms with Crippen LogP contribution in [0, 0.1) is 6.92 Å². The molecule has 3 heteroatoms. The molecular formula is C16H19NOS. The summed E-state index contributed by atoms with van der Waals surface area (Å²) in [5.74, 6) is 0.948. The Hall–Kier alpha value is -1.32. The Morgan fingerprint density at radius 3 is 2.84 bits per heavy atom. The highest BCUT2D eigenvalue weighted by Gasteiger charge is 2.17. The summed E-state index contributed by atoms with van der Waals surface area (Å²) in [6.45, 7) is 2.62. The fourth-order valence-electron chi connectivity index (χ4n) is 2.71. The van der Waals surface area contributed by atoms with Gasteiger partial charge >= 0.3 is 0 Å². The first kappa shape index (κ1) is 12.7. The fraction of sp³-hybridized carbons (Fsp3) is 0.375. The zero-order chi connectivity index (χ0) is 13.2. The van der Waals surface area contributed by atoms with E-state index in [0.29, 0.717) is 6.54 Å². The largest absolute Gasteiger partial charge is 0.484 e. The second kappa shape index (κ2) is 5.35. The number of rotatable bonds is 4. The van der Waals surface area contributed by atoms with Gasteiger partial charge in [-0.2, -0.15) is 0 Å². The minimum atomic E-state index is -0.0283. The van der Waals surface area contributed by atoms with Crippen LogP contribution in [0.25, 0.3) is 0 Å². The molecule has 0 aliphatic heterocycles. The van der Waals surface area contributed by atoms with Crippen LogP contribution in [0.3, 0.4) is 0 Å². The lowest BCUT2D eigenvalue weighted by Crippen LogP contribution is -2.18. The molecule has 0 bridgehead atoms. The first-order chi connectivity index (χ1) is 9.28. The highest BCUT2D eigenvalue weighted by molar-refractivity contribution is 7.10. The molecule has 3 rings (SSSR count). The Balaban J connectivity index is 1.81. The molecule has 2 nitrogen and oxygen atoms in total. The van der Waals surface area contributed by atoms with Crippen LogP contribution in [0.2, 0.25) is 0 Å². The molecule has 0 spiro atoms. The predicted octanol–water partition coefficient (Wildman–Crippen LogP) is 3.62. The monoisotopic (exact) mass is 273 g/mol. The molecular weight excluding hydrogens is 254 g/mol. The quantitative estimate of drug-likeness (QED) is 0.923. The predicted molar refractivity (Wildman–Crippen MR) is 79.9 cm³/mol. The summed E-state index contributed by atoms with van der Waals surface area (Å²) in [7, 11) is 0. The van der Waals surface area contributed by atoms with Crippen LogP contribution in [0.1, 0.15) is 34.1 Å². The summed E-state index contributed by atoms with van der Waals surface area (Å²) in [5.41, 5.74) is 10.1. The number of aryl methyl sites for hydroxylation is 3. The molecule has 1 aromatic heterocycles. The van der Waals surface area contributed by atoms with Crippen LogP contribution in [0.5, 0.6) is 5.75 Å². The van der Waals surface area contributed by atoms with Crippen molar-refractivity contribution in [2.45, 2.75) is 32.3 Å². The van der Waals surface area contributed by atoms with Gasteiger partial charge in [-0.3, -0.25) is 0 Å². The van der Waals surface area contributed by atoms with Gasteiger partial charge in [0.25, 0.3) is 0 Å². The molecule has 19 heavy (non-hydrogen) atoms. The van der Waals surface area contributed by atoms with Gasteiger partial charge in [0.1, 0.15) is 11.9 Å². The minimum absolute atomic E-state index is 0.0283. The molecule has 1 atom stereocenters. The van der Waals surface area contributed by atoms with Gasteiger partial charge in [-0.15, -0.1) is 11.3 Å². The summed E-state index contributed by atoms with van der Waals surface area (Å²) in [6.07, 6.45) is 3.63. The van der Waals surface area contributed by atoms with E-state index >= 15 is 0 Å². The molecule has 0 radical (unpaired) electrons. The third-order valence-electron chi connectivity index (χ3n) is 3.76. The van der Waals surface area contributed by atoms with Crippen LogP contribution in [0.15, 0.2) is 29.6 Å². The van der Waals surface area contributed by atoms with E-state index in [2.05, 4.69) is 36.6 Å². The zero-order valence-corrected chi connectivity index (χ0v) is 12.0. The summed E-state index contributed by atoms with van der Waals surface area (Å²) in [5, 5.41) is 2.10. The topological polar surface area (TPSA) is 35.2 Å². The number of fused-ring (bicyclic) bond motifs is 1. The number of nitrogens with two attached hydrogens (primary N) is 1. The van der Waals surface area contributed by atoms with Crippen LogP contribution < -0.4 is 10.5 Å². The van der Waals surface area contributed by atoms with Crippen LogP contribution in [0.4, 0.5) is 0 Å². The SMILES string of the molecule is Cc1ccsc1C(CN)Oc1ccc2c(c1)CCC2. The van der Waals surface area contributed by atoms with Crippen molar-refractivity contribution < 1.29 is 4.74 Å². The standard InChI is InChI=1S/C16H19NOS/c1-11-7-8-19-16(11)15(10-17)18-14-6-5-12-3-2-4-13(12)9-14/h5-9,15H,2-4,10,17H2,1H3. The lowest BCUT2D eigenvalue weighted by Gasteiger charge is -2.18. The molecule has 0 saturated heterocycles. The lowest BCUT2D eigenvalue weighted by molar-refractivity contribution is 0.217. The third-order valence-corrected chi connectivity index (χ3v) is 4.87. The Bertz CT molecular complexity index is 576. The van der Waals surface area contributed by atoms with E-state index in [1.165, 1.54) is 40.8 Å². The maximum absolute atomic E-state index is 6.10. The van der Waals surface area contributed by atoms with E-state index in [1.807, 2.05) is 0 Å². The number of hydrogen-bond acceptors (Lipinski definition) is 3. The second-order valence-corrected chi connectivity index (χ2v) is 6.04. The van der Waals surface area contributed by atoms with Gasteiger partial charge in [0.15, 0.2) is 0 Å². The van der Waals surface area contributed by atoms with Crippen molar-refractivity contribution in [2.24, 2.45) is 5.73 Å². The second-order valence-electron chi connectivity index (χ2n) is 5.09. The van der Waals surface area contributed by atoms with Gasteiger partial charge in [0, 0.05) is 11.4 Å². The average molecular weight is 273 g/mol. The van der Waals surface area contributed by atoms with Crippen molar-refractivity contribution >= 4 is 11.3 Å². The molecule has 2 N–H and O–H groups in total. The van der Waals surface area contributed by atoms with Crippen molar-refractivity contribution in [3.63, 3.8) is 0 Å². The average Bonchev–Trinajstić information content (AvgIpc) is 3.04. The number of thiophene rings is 1. The zero-order valence-electron chi connectivity index (χ0n) is 11.2. The molecule has 1 aliphatic carbocycles. The van der Waals surface area contributed by atoms with E-state index in [0.717, 1.165) is 5.75 Å². The maximum atomic E-state index is 6.10. The van der Waals surface area contributed by atoms with Gasteiger partial charge in [-0.25, -0.2) is 0 Å². The fourth-order valence-corrected chi connectivity index (χ4v) is 3.68. The van der Waals surface area contributed by atoms with Crippen LogP contribution >= 0.6 is 11.3 Å². The Kier molecular flexibility index (Phi) is 3.58. The lowest BCUT2D eigenvalue weighted by atomic mass is 10.1. The van der Waals surface area contributed by atoms with Crippen molar-refractivity contribution in [2.75, 3.05) is 6.54 Å². The number of benzene rings is 1. The number of ether oxygens (including phenoxy) is 1. The molecule has 1 aromatic carbocycles. The summed E-state index contributed by atoms with van der Waals surface area (Å²) in [4.78, 5) is 1.24. The third kappa shape index (κ3) is 2.53. The van der Waals surface area contributed by atoms with Crippen molar-refractivity contribution in [3.8, 4) is 5.75 Å². The van der Waals surface area contributed by atoms with E-state index < -0.39 is 0 Å². The normalized spacial score (nSPS) is 15.3. The molecule has 1 unspecified atom stereocenters. The van der Waals surface area contributed by atoms with E-state index in [1.54, 1.807) is 11.3 Å². The van der Waals surface area contributed by atoms with Gasteiger partial charge in [0.05, 0.1) is 0 Å². The van der Waals surface area contributed by atoms with Gasteiger partial charge in [0.2, 0.25) is 0 Å². The van der Waals surface area contributed by atoms with Crippen LogP contribution in [-0.2, 0) is 12.8 Å². The Morgan fingerprint density at radius 2 is 2.11 bits per heavy atom. The molecule has 1 aliphatic rings. The highest BCUT2D eigenvalue weighted by Crippen LogP contribution is 2.31.